The summed E-state index contributed by atoms with van der Waals surface area (Å²) < 4.78 is 22.3. The molecule has 0 radical (unpaired) electrons. The van der Waals surface area contributed by atoms with Crippen molar-refractivity contribution in [2.24, 2.45) is 0 Å². The van der Waals surface area contributed by atoms with E-state index < -0.39 is 17.7 Å². The molecule has 3 N–H and O–H groups in total. The van der Waals surface area contributed by atoms with Crippen LogP contribution in [0.1, 0.15) is 58.2 Å². The van der Waals surface area contributed by atoms with Crippen molar-refractivity contribution in [1.29, 1.82) is 0 Å². The molecule has 2 atom stereocenters. The van der Waals surface area contributed by atoms with Crippen LogP contribution in [-0.4, -0.2) is 55.4 Å². The highest BCUT2D eigenvalue weighted by Crippen LogP contribution is 2.37. The Hall–Kier alpha value is -3.56. The molecular weight excluding hydrogens is 451 g/mol. The van der Waals surface area contributed by atoms with E-state index in [1.807, 2.05) is 40.8 Å². The summed E-state index contributed by atoms with van der Waals surface area (Å²) in [6.45, 7) is 10.2. The Bertz CT molecular complexity index is 1240. The molecular formula is C25H33FN6O3. The Morgan fingerprint density at radius 3 is 2.77 bits per heavy atom. The summed E-state index contributed by atoms with van der Waals surface area (Å²) in [4.78, 5) is 20.0. The maximum atomic E-state index is 14.4. The summed E-state index contributed by atoms with van der Waals surface area (Å²) in [7, 11) is 0. The number of anilines is 2. The molecule has 188 valence electrons. The number of nitrogens with zero attached hydrogens (tertiary/aromatic N) is 5. The fraction of sp³-hybridized carbons (Fsp3) is 0.480. The third kappa shape index (κ3) is 4.96. The fourth-order valence-corrected chi connectivity index (χ4v) is 4.58. The van der Waals surface area contributed by atoms with Crippen molar-refractivity contribution < 1.29 is 19.0 Å². The van der Waals surface area contributed by atoms with E-state index in [1.54, 1.807) is 16.8 Å². The van der Waals surface area contributed by atoms with Crippen molar-refractivity contribution in [3.63, 3.8) is 0 Å². The number of amides is 1. The molecule has 1 aliphatic rings. The van der Waals surface area contributed by atoms with Crippen LogP contribution in [0, 0.1) is 5.82 Å². The Morgan fingerprint density at radius 1 is 1.34 bits per heavy atom. The highest BCUT2D eigenvalue weighted by Gasteiger charge is 2.30. The first-order chi connectivity index (χ1) is 16.5. The molecule has 0 spiro atoms. The number of halogens is 1. The van der Waals surface area contributed by atoms with Crippen LogP contribution >= 0.6 is 0 Å². The average molecular weight is 485 g/mol. The van der Waals surface area contributed by atoms with Crippen LogP contribution in [-0.2, 0) is 6.42 Å². The number of ether oxygens (including phenoxy) is 1. The lowest BCUT2D eigenvalue weighted by atomic mass is 10.0. The largest absolute Gasteiger partial charge is 0.489 e. The van der Waals surface area contributed by atoms with E-state index in [0.717, 1.165) is 30.8 Å². The van der Waals surface area contributed by atoms with Gasteiger partial charge < -0.3 is 20.5 Å². The van der Waals surface area contributed by atoms with Gasteiger partial charge in [-0.15, -0.1) is 0 Å². The molecule has 3 aromatic rings. The third-order valence-corrected chi connectivity index (χ3v) is 6.39. The quantitative estimate of drug-likeness (QED) is 0.530. The summed E-state index contributed by atoms with van der Waals surface area (Å²) in [6.07, 6.45) is 3.86. The molecule has 35 heavy (non-hydrogen) atoms. The van der Waals surface area contributed by atoms with Crippen LogP contribution in [0.15, 0.2) is 30.6 Å². The predicted molar refractivity (Wildman–Crippen MR) is 132 cm³/mol. The zero-order valence-electron chi connectivity index (χ0n) is 20.8. The number of hydrogen-bond acceptors (Lipinski definition) is 6. The van der Waals surface area contributed by atoms with Crippen LogP contribution in [0.5, 0.6) is 5.75 Å². The number of fused-ring (bicyclic) bond motifs is 2. The van der Waals surface area contributed by atoms with Gasteiger partial charge in [0.1, 0.15) is 23.5 Å². The summed E-state index contributed by atoms with van der Waals surface area (Å²) in [6, 6.07) is 4.20. The number of benzene rings is 1. The lowest BCUT2D eigenvalue weighted by Crippen LogP contribution is -2.49. The van der Waals surface area contributed by atoms with Gasteiger partial charge >= 0.3 is 6.09 Å². The first-order valence-corrected chi connectivity index (χ1v) is 11.8. The Kier molecular flexibility index (Phi) is 6.48. The van der Waals surface area contributed by atoms with E-state index in [2.05, 4.69) is 10.00 Å². The van der Waals surface area contributed by atoms with Gasteiger partial charge in [-0.1, -0.05) is 0 Å². The van der Waals surface area contributed by atoms with E-state index in [-0.39, 0.29) is 18.4 Å². The van der Waals surface area contributed by atoms with Crippen molar-refractivity contribution in [2.75, 3.05) is 23.7 Å². The zero-order valence-corrected chi connectivity index (χ0v) is 20.8. The van der Waals surface area contributed by atoms with Crippen molar-refractivity contribution in [1.82, 2.24) is 19.5 Å². The highest BCUT2D eigenvalue weighted by molar-refractivity contribution is 5.68. The number of nitrogen functional groups attached to an aromatic ring is 1. The van der Waals surface area contributed by atoms with Gasteiger partial charge in [-0.2, -0.15) is 5.10 Å². The van der Waals surface area contributed by atoms with Crippen LogP contribution in [0.3, 0.4) is 0 Å². The van der Waals surface area contributed by atoms with E-state index in [0.29, 0.717) is 22.6 Å². The van der Waals surface area contributed by atoms with Gasteiger partial charge in [0.25, 0.3) is 0 Å². The fourth-order valence-electron chi connectivity index (χ4n) is 4.58. The normalized spacial score (nSPS) is 15.5. The van der Waals surface area contributed by atoms with Gasteiger partial charge in [-0.25, -0.2) is 18.7 Å². The molecule has 0 aliphatic carbocycles. The molecule has 1 aliphatic heterocycles. The molecule has 9 nitrogen and oxygen atoms in total. The maximum absolute atomic E-state index is 14.4. The van der Waals surface area contributed by atoms with Gasteiger partial charge in [-0.3, -0.25) is 4.90 Å². The maximum Gasteiger partial charge on any atom is 0.407 e. The standard InChI is InChI=1S/C25H33FN6O3/c1-15(13-31(24(33)34)25(3,4)5)35-21-9-8-18(26)11-19(21)16(2)30-10-6-7-17-14-32-23(29-22(17)30)20(27)12-28-32/h8-9,11-12,14-16H,6-7,10,13,27H2,1-5H3,(H,33,34)/t15-,16+/m0/s1. The second-order valence-electron chi connectivity index (χ2n) is 10.1. The minimum absolute atomic E-state index is 0.177. The minimum Gasteiger partial charge on any atom is -0.489 e. The van der Waals surface area contributed by atoms with E-state index in [4.69, 9.17) is 15.5 Å². The Morgan fingerprint density at radius 2 is 2.09 bits per heavy atom. The molecule has 0 saturated carbocycles. The van der Waals surface area contributed by atoms with Gasteiger partial charge in [0.05, 0.1) is 24.5 Å². The second-order valence-corrected chi connectivity index (χ2v) is 10.1. The van der Waals surface area contributed by atoms with Crippen molar-refractivity contribution in [2.45, 2.75) is 65.1 Å². The summed E-state index contributed by atoms with van der Waals surface area (Å²) in [5.74, 6) is 0.952. The van der Waals surface area contributed by atoms with E-state index >= 15 is 0 Å². The highest BCUT2D eigenvalue weighted by atomic mass is 19.1. The molecule has 1 amide bonds. The monoisotopic (exact) mass is 484 g/mol. The second kappa shape index (κ2) is 9.24. The third-order valence-electron chi connectivity index (χ3n) is 6.39. The van der Waals surface area contributed by atoms with Crippen LogP contribution in [0.2, 0.25) is 0 Å². The Labute approximate surface area is 204 Å². The number of hydrogen-bond donors (Lipinski definition) is 2. The van der Waals surface area contributed by atoms with Gasteiger partial charge in [0, 0.05) is 29.4 Å². The van der Waals surface area contributed by atoms with E-state index in [9.17, 15) is 14.3 Å². The number of aryl methyl sites for hydroxylation is 1. The zero-order chi connectivity index (χ0) is 25.5. The minimum atomic E-state index is -1.01. The summed E-state index contributed by atoms with van der Waals surface area (Å²) in [5.41, 5.74) is 8.28. The van der Waals surface area contributed by atoms with Gasteiger partial charge in [0.2, 0.25) is 0 Å². The first-order valence-electron chi connectivity index (χ1n) is 11.8. The van der Waals surface area contributed by atoms with Crippen molar-refractivity contribution in [3.8, 4) is 5.75 Å². The molecule has 0 unspecified atom stereocenters. The number of rotatable bonds is 6. The molecule has 1 aromatic carbocycles. The molecule has 0 saturated heterocycles. The van der Waals surface area contributed by atoms with Crippen LogP contribution < -0.4 is 15.4 Å². The molecule has 3 heterocycles. The predicted octanol–water partition coefficient (Wildman–Crippen LogP) is 4.51. The van der Waals surface area contributed by atoms with Crippen molar-refractivity contribution >= 4 is 23.2 Å². The average Bonchev–Trinajstić information content (AvgIpc) is 3.15. The molecule has 0 bridgehead atoms. The lowest BCUT2D eigenvalue weighted by Gasteiger charge is -2.37. The number of carboxylic acid groups (broad SMARTS) is 1. The summed E-state index contributed by atoms with van der Waals surface area (Å²) >= 11 is 0. The smallest absolute Gasteiger partial charge is 0.407 e. The van der Waals surface area contributed by atoms with Gasteiger partial charge in [0.15, 0.2) is 5.65 Å². The van der Waals surface area contributed by atoms with Crippen LogP contribution in [0.25, 0.3) is 5.65 Å². The van der Waals surface area contributed by atoms with E-state index in [1.165, 1.54) is 17.0 Å². The first kappa shape index (κ1) is 24.6. The number of carbonyl (C=O) groups is 1. The summed E-state index contributed by atoms with van der Waals surface area (Å²) in [5, 5.41) is 13.9. The molecule has 4 rings (SSSR count). The number of nitrogens with two attached hydrogens (primary N) is 1. The molecule has 0 fully saturated rings. The molecule has 10 heteroatoms. The SMILES string of the molecule is C[C@H](c1cc(F)ccc1O[C@@H](C)CN(C(=O)O)C(C)(C)C)N1CCCc2cn3ncc(N)c3nc21. The number of aromatic nitrogens is 3. The van der Waals surface area contributed by atoms with Gasteiger partial charge in [-0.05, 0) is 65.7 Å². The van der Waals surface area contributed by atoms with Crippen molar-refractivity contribution in [3.05, 3.63) is 47.5 Å². The Balaban J connectivity index is 1.64. The molecule has 2 aromatic heterocycles. The topological polar surface area (TPSA) is 109 Å². The van der Waals surface area contributed by atoms with Crippen LogP contribution in [0.4, 0.5) is 20.7 Å². The lowest BCUT2D eigenvalue weighted by molar-refractivity contribution is 0.0692.